The fraction of sp³-hybridized carbons (Fsp3) is 0.846. The molecule has 106 valence electrons. The summed E-state index contributed by atoms with van der Waals surface area (Å²) < 4.78 is 15.0. The molecule has 0 unspecified atom stereocenters. The van der Waals surface area contributed by atoms with Gasteiger partial charge in [-0.1, -0.05) is 6.92 Å². The molecule has 0 aliphatic heterocycles. The topological polar surface area (TPSA) is 61.8 Å². The highest BCUT2D eigenvalue weighted by Gasteiger charge is 2.02. The first kappa shape index (κ1) is 16.9. The zero-order valence-electron chi connectivity index (χ0n) is 11.4. The molecule has 0 rings (SSSR count). The van der Waals surface area contributed by atoms with E-state index in [-0.39, 0.29) is 11.9 Å². The molecule has 0 radical (unpaired) electrons. The van der Waals surface area contributed by atoms with Gasteiger partial charge in [0.15, 0.2) is 0 Å². The summed E-state index contributed by atoms with van der Waals surface area (Å²) in [6.45, 7) is 5.33. The van der Waals surface area contributed by atoms with Gasteiger partial charge < -0.3 is 14.2 Å². The normalized spacial score (nSPS) is 10.1. The van der Waals surface area contributed by atoms with E-state index in [1.807, 2.05) is 6.92 Å². The molecule has 5 nitrogen and oxygen atoms in total. The van der Waals surface area contributed by atoms with Crippen LogP contribution in [0.5, 0.6) is 0 Å². The molecule has 5 heteroatoms. The second kappa shape index (κ2) is 12.4. The molecular formula is C13H24O5. The molecule has 0 atom stereocenters. The van der Waals surface area contributed by atoms with Gasteiger partial charge in [-0.3, -0.25) is 9.59 Å². The molecule has 0 N–H and O–H groups in total. The maximum Gasteiger partial charge on any atom is 0.305 e. The molecule has 0 aliphatic rings. The first-order chi connectivity index (χ1) is 8.66. The standard InChI is InChI=1S/C13H24O5/c1-3-8-16-10-11-18-13(15)7-5-4-6-9-17-12(2)14/h3-11H2,1-2H3. The van der Waals surface area contributed by atoms with Gasteiger partial charge in [0.2, 0.25) is 0 Å². The van der Waals surface area contributed by atoms with Gasteiger partial charge in [0.05, 0.1) is 13.2 Å². The fourth-order valence-electron chi connectivity index (χ4n) is 1.30. The fourth-order valence-corrected chi connectivity index (χ4v) is 1.30. The average Bonchev–Trinajstić information content (AvgIpc) is 2.33. The summed E-state index contributed by atoms with van der Waals surface area (Å²) >= 11 is 0. The summed E-state index contributed by atoms with van der Waals surface area (Å²) in [6, 6.07) is 0. The Kier molecular flexibility index (Phi) is 11.6. The number of unbranched alkanes of at least 4 members (excludes halogenated alkanes) is 2. The van der Waals surface area contributed by atoms with Crippen LogP contribution in [0.4, 0.5) is 0 Å². The number of hydrogen-bond donors (Lipinski definition) is 0. The first-order valence-electron chi connectivity index (χ1n) is 6.53. The molecular weight excluding hydrogens is 236 g/mol. The van der Waals surface area contributed by atoms with Crippen molar-refractivity contribution in [1.82, 2.24) is 0 Å². The Morgan fingerprint density at radius 1 is 0.889 bits per heavy atom. The Balaban J connectivity index is 3.19. The molecule has 0 aromatic carbocycles. The van der Waals surface area contributed by atoms with Crippen LogP contribution in [0.25, 0.3) is 0 Å². The van der Waals surface area contributed by atoms with Gasteiger partial charge in [-0.05, 0) is 25.7 Å². The maximum absolute atomic E-state index is 11.3. The average molecular weight is 260 g/mol. The minimum Gasteiger partial charge on any atom is -0.466 e. The Morgan fingerprint density at radius 2 is 1.67 bits per heavy atom. The Bertz CT molecular complexity index is 227. The van der Waals surface area contributed by atoms with Crippen molar-refractivity contribution in [1.29, 1.82) is 0 Å². The van der Waals surface area contributed by atoms with Crippen molar-refractivity contribution in [2.24, 2.45) is 0 Å². The third-order valence-corrected chi connectivity index (χ3v) is 2.17. The highest BCUT2D eigenvalue weighted by Crippen LogP contribution is 2.02. The van der Waals surface area contributed by atoms with Crippen LogP contribution < -0.4 is 0 Å². The van der Waals surface area contributed by atoms with E-state index >= 15 is 0 Å². The highest BCUT2D eigenvalue weighted by atomic mass is 16.6. The van der Waals surface area contributed by atoms with Gasteiger partial charge in [0, 0.05) is 20.0 Å². The SMILES string of the molecule is CCCOCCOC(=O)CCCCCOC(C)=O. The number of hydrogen-bond acceptors (Lipinski definition) is 5. The Labute approximate surface area is 109 Å². The smallest absolute Gasteiger partial charge is 0.305 e. The van der Waals surface area contributed by atoms with Gasteiger partial charge >= 0.3 is 11.9 Å². The van der Waals surface area contributed by atoms with Gasteiger partial charge in [-0.2, -0.15) is 0 Å². The van der Waals surface area contributed by atoms with Crippen LogP contribution in [-0.4, -0.2) is 38.4 Å². The van der Waals surface area contributed by atoms with E-state index in [9.17, 15) is 9.59 Å². The number of carbonyl (C=O) groups is 2. The molecule has 0 aromatic heterocycles. The lowest BCUT2D eigenvalue weighted by molar-refractivity contribution is -0.145. The van der Waals surface area contributed by atoms with Crippen molar-refractivity contribution in [2.75, 3.05) is 26.4 Å². The molecule has 0 spiro atoms. The summed E-state index contributed by atoms with van der Waals surface area (Å²) in [6.07, 6.45) is 3.78. The van der Waals surface area contributed by atoms with Crippen molar-refractivity contribution in [2.45, 2.75) is 46.0 Å². The number of esters is 2. The third-order valence-electron chi connectivity index (χ3n) is 2.17. The van der Waals surface area contributed by atoms with Gasteiger partial charge in [0.25, 0.3) is 0 Å². The molecule has 0 aliphatic carbocycles. The zero-order valence-corrected chi connectivity index (χ0v) is 11.4. The summed E-state index contributed by atoms with van der Waals surface area (Å²) in [5, 5.41) is 0. The van der Waals surface area contributed by atoms with E-state index in [1.54, 1.807) is 0 Å². The summed E-state index contributed by atoms with van der Waals surface area (Å²) in [5.41, 5.74) is 0. The second-order valence-corrected chi connectivity index (χ2v) is 3.98. The Morgan fingerprint density at radius 3 is 2.33 bits per heavy atom. The van der Waals surface area contributed by atoms with E-state index in [0.29, 0.717) is 32.8 Å². The molecule has 0 fully saturated rings. The second-order valence-electron chi connectivity index (χ2n) is 3.98. The lowest BCUT2D eigenvalue weighted by Crippen LogP contribution is -2.10. The molecule has 0 saturated heterocycles. The van der Waals surface area contributed by atoms with E-state index in [1.165, 1.54) is 6.92 Å². The maximum atomic E-state index is 11.3. The van der Waals surface area contributed by atoms with Gasteiger partial charge in [-0.25, -0.2) is 0 Å². The van der Waals surface area contributed by atoms with E-state index < -0.39 is 0 Å². The largest absolute Gasteiger partial charge is 0.466 e. The molecule has 0 amide bonds. The molecule has 0 bridgehead atoms. The van der Waals surface area contributed by atoms with Crippen molar-refractivity contribution in [3.8, 4) is 0 Å². The lowest BCUT2D eigenvalue weighted by Gasteiger charge is -2.05. The van der Waals surface area contributed by atoms with Crippen LogP contribution in [-0.2, 0) is 23.8 Å². The molecule has 18 heavy (non-hydrogen) atoms. The van der Waals surface area contributed by atoms with Crippen molar-refractivity contribution < 1.29 is 23.8 Å². The van der Waals surface area contributed by atoms with Crippen LogP contribution in [0.3, 0.4) is 0 Å². The third kappa shape index (κ3) is 13.0. The minimum absolute atomic E-state index is 0.192. The highest BCUT2D eigenvalue weighted by molar-refractivity contribution is 5.69. The van der Waals surface area contributed by atoms with Crippen LogP contribution in [0.1, 0.15) is 46.0 Å². The molecule has 0 aromatic rings. The predicted molar refractivity (Wildman–Crippen MR) is 67.2 cm³/mol. The molecule has 0 heterocycles. The monoisotopic (exact) mass is 260 g/mol. The van der Waals surface area contributed by atoms with E-state index in [2.05, 4.69) is 0 Å². The first-order valence-corrected chi connectivity index (χ1v) is 6.53. The van der Waals surface area contributed by atoms with E-state index in [4.69, 9.17) is 14.2 Å². The lowest BCUT2D eigenvalue weighted by atomic mass is 10.2. The van der Waals surface area contributed by atoms with Crippen molar-refractivity contribution in [3.63, 3.8) is 0 Å². The number of rotatable bonds is 11. The predicted octanol–water partition coefficient (Wildman–Crippen LogP) is 2.08. The summed E-state index contributed by atoms with van der Waals surface area (Å²) in [7, 11) is 0. The van der Waals surface area contributed by atoms with Gasteiger partial charge in [-0.15, -0.1) is 0 Å². The quantitative estimate of drug-likeness (QED) is 0.420. The summed E-state index contributed by atoms with van der Waals surface area (Å²) in [4.78, 5) is 21.7. The number of carbonyl (C=O) groups excluding carboxylic acids is 2. The van der Waals surface area contributed by atoms with Crippen LogP contribution in [0.2, 0.25) is 0 Å². The van der Waals surface area contributed by atoms with Crippen molar-refractivity contribution >= 4 is 11.9 Å². The molecule has 0 saturated carbocycles. The van der Waals surface area contributed by atoms with Crippen molar-refractivity contribution in [3.05, 3.63) is 0 Å². The minimum atomic E-state index is -0.263. The Hall–Kier alpha value is -1.10. The van der Waals surface area contributed by atoms with E-state index in [0.717, 1.165) is 25.7 Å². The number of ether oxygens (including phenoxy) is 3. The van der Waals surface area contributed by atoms with Crippen LogP contribution in [0.15, 0.2) is 0 Å². The van der Waals surface area contributed by atoms with Gasteiger partial charge in [0.1, 0.15) is 6.61 Å². The summed E-state index contributed by atoms with van der Waals surface area (Å²) in [5.74, 6) is -0.455. The van der Waals surface area contributed by atoms with Crippen LogP contribution >= 0.6 is 0 Å². The van der Waals surface area contributed by atoms with Crippen LogP contribution in [0, 0.1) is 0 Å². The zero-order chi connectivity index (χ0) is 13.6.